The van der Waals surface area contributed by atoms with Crippen LogP contribution in [0.1, 0.15) is 22.3 Å². The van der Waals surface area contributed by atoms with Crippen LogP contribution in [-0.2, 0) is 0 Å². The smallest absolute Gasteiger partial charge is 0.00401 e. The number of rotatable bonds is 1. The molecular formula is C22H24S. The SMILES string of the molecule is Cc1ccc(C)c(-c2ccccc2C)c1.Cc1ccc(S)cc1. The van der Waals surface area contributed by atoms with Gasteiger partial charge < -0.3 is 0 Å². The minimum Gasteiger partial charge on any atom is -0.143 e. The fraction of sp³-hybridized carbons (Fsp3) is 0.182. The molecule has 0 heterocycles. The molecule has 0 N–H and O–H groups in total. The third-order valence-corrected chi connectivity index (χ3v) is 4.16. The molecule has 0 radical (unpaired) electrons. The molecule has 23 heavy (non-hydrogen) atoms. The molecule has 0 nitrogen and oxygen atoms in total. The quantitative estimate of drug-likeness (QED) is 0.482. The van der Waals surface area contributed by atoms with Crippen LogP contribution in [0.3, 0.4) is 0 Å². The van der Waals surface area contributed by atoms with Crippen molar-refractivity contribution in [1.29, 1.82) is 0 Å². The summed E-state index contributed by atoms with van der Waals surface area (Å²) in [7, 11) is 0. The minimum atomic E-state index is 1.02. The van der Waals surface area contributed by atoms with Crippen molar-refractivity contribution >= 4 is 12.6 Å². The molecule has 0 spiro atoms. The van der Waals surface area contributed by atoms with E-state index < -0.39 is 0 Å². The van der Waals surface area contributed by atoms with Gasteiger partial charge in [0, 0.05) is 4.90 Å². The average Bonchev–Trinajstić information content (AvgIpc) is 2.54. The van der Waals surface area contributed by atoms with Gasteiger partial charge in [0.25, 0.3) is 0 Å². The third-order valence-electron chi connectivity index (χ3n) is 3.86. The molecule has 0 aliphatic rings. The van der Waals surface area contributed by atoms with E-state index in [1.165, 1.54) is 33.4 Å². The number of thiol groups is 1. The molecule has 0 fully saturated rings. The van der Waals surface area contributed by atoms with E-state index in [0.29, 0.717) is 0 Å². The molecule has 3 aromatic rings. The first-order chi connectivity index (χ1) is 11.0. The van der Waals surface area contributed by atoms with E-state index in [4.69, 9.17) is 0 Å². The second-order valence-electron chi connectivity index (χ2n) is 5.97. The lowest BCUT2D eigenvalue weighted by Crippen LogP contribution is -1.87. The van der Waals surface area contributed by atoms with Crippen molar-refractivity contribution in [2.45, 2.75) is 32.6 Å². The van der Waals surface area contributed by atoms with Gasteiger partial charge in [-0.15, -0.1) is 12.6 Å². The van der Waals surface area contributed by atoms with Gasteiger partial charge >= 0.3 is 0 Å². The van der Waals surface area contributed by atoms with Crippen molar-refractivity contribution in [2.75, 3.05) is 0 Å². The molecule has 0 amide bonds. The topological polar surface area (TPSA) is 0 Å². The molecule has 1 heteroatoms. The summed E-state index contributed by atoms with van der Waals surface area (Å²) in [6, 6.07) is 23.2. The molecule has 3 aromatic carbocycles. The van der Waals surface area contributed by atoms with Gasteiger partial charge in [0.05, 0.1) is 0 Å². The molecule has 0 saturated heterocycles. The monoisotopic (exact) mass is 320 g/mol. The van der Waals surface area contributed by atoms with Gasteiger partial charge in [-0.25, -0.2) is 0 Å². The molecule has 118 valence electrons. The first-order valence-electron chi connectivity index (χ1n) is 7.86. The molecular weight excluding hydrogens is 296 g/mol. The highest BCUT2D eigenvalue weighted by molar-refractivity contribution is 7.80. The van der Waals surface area contributed by atoms with Gasteiger partial charge in [0.2, 0.25) is 0 Å². The lowest BCUT2D eigenvalue weighted by molar-refractivity contribution is 1.37. The van der Waals surface area contributed by atoms with Crippen LogP contribution in [0.4, 0.5) is 0 Å². The Labute approximate surface area is 145 Å². The summed E-state index contributed by atoms with van der Waals surface area (Å²) >= 11 is 4.13. The predicted molar refractivity (Wildman–Crippen MR) is 105 cm³/mol. The van der Waals surface area contributed by atoms with Crippen LogP contribution in [0.2, 0.25) is 0 Å². The molecule has 0 unspecified atom stereocenters. The maximum absolute atomic E-state index is 4.13. The van der Waals surface area contributed by atoms with E-state index >= 15 is 0 Å². The third kappa shape index (κ3) is 5.01. The van der Waals surface area contributed by atoms with Crippen molar-refractivity contribution in [3.8, 4) is 11.1 Å². The van der Waals surface area contributed by atoms with Crippen molar-refractivity contribution < 1.29 is 0 Å². The van der Waals surface area contributed by atoms with Crippen LogP contribution >= 0.6 is 12.6 Å². The summed E-state index contributed by atoms with van der Waals surface area (Å²) < 4.78 is 0. The van der Waals surface area contributed by atoms with Crippen molar-refractivity contribution in [2.24, 2.45) is 0 Å². The van der Waals surface area contributed by atoms with Crippen LogP contribution in [0.5, 0.6) is 0 Å². The highest BCUT2D eigenvalue weighted by Gasteiger charge is 2.03. The molecule has 0 aliphatic carbocycles. The van der Waals surface area contributed by atoms with E-state index in [0.717, 1.165) is 4.90 Å². The Balaban J connectivity index is 0.000000203. The zero-order valence-corrected chi connectivity index (χ0v) is 15.2. The van der Waals surface area contributed by atoms with E-state index in [1.54, 1.807) is 0 Å². The highest BCUT2D eigenvalue weighted by Crippen LogP contribution is 2.27. The highest BCUT2D eigenvalue weighted by atomic mass is 32.1. The Morgan fingerprint density at radius 3 is 1.74 bits per heavy atom. The lowest BCUT2D eigenvalue weighted by Gasteiger charge is -2.09. The Bertz CT molecular complexity index is 749. The van der Waals surface area contributed by atoms with Gasteiger partial charge in [-0.2, -0.15) is 0 Å². The van der Waals surface area contributed by atoms with Crippen molar-refractivity contribution in [3.63, 3.8) is 0 Å². The van der Waals surface area contributed by atoms with E-state index in [9.17, 15) is 0 Å². The van der Waals surface area contributed by atoms with Gasteiger partial charge in [-0.1, -0.05) is 65.7 Å². The van der Waals surface area contributed by atoms with Gasteiger partial charge in [-0.05, 0) is 62.1 Å². The van der Waals surface area contributed by atoms with Gasteiger partial charge in [0.1, 0.15) is 0 Å². The summed E-state index contributed by atoms with van der Waals surface area (Å²) in [5.74, 6) is 0. The fourth-order valence-electron chi connectivity index (χ4n) is 2.45. The first-order valence-corrected chi connectivity index (χ1v) is 8.31. The van der Waals surface area contributed by atoms with Crippen LogP contribution < -0.4 is 0 Å². The van der Waals surface area contributed by atoms with Crippen LogP contribution in [0.25, 0.3) is 11.1 Å². The molecule has 0 bridgehead atoms. The van der Waals surface area contributed by atoms with Crippen LogP contribution in [0.15, 0.2) is 71.6 Å². The van der Waals surface area contributed by atoms with E-state index in [1.807, 2.05) is 24.3 Å². The number of aryl methyl sites for hydroxylation is 4. The number of hydrogen-bond acceptors (Lipinski definition) is 1. The summed E-state index contributed by atoms with van der Waals surface area (Å²) in [5.41, 5.74) is 7.98. The fourth-order valence-corrected chi connectivity index (χ4v) is 2.59. The average molecular weight is 321 g/mol. The Hall–Kier alpha value is -1.99. The number of benzene rings is 3. The molecule has 3 rings (SSSR count). The standard InChI is InChI=1S/C15H16.C7H8S/c1-11-8-9-13(3)15(10-11)14-7-5-4-6-12(14)2;1-6-2-4-7(8)5-3-6/h4-10H,1-3H3;2-5,8H,1H3. The molecule has 0 saturated carbocycles. The Kier molecular flexibility index (Phi) is 6.06. The van der Waals surface area contributed by atoms with Crippen LogP contribution in [-0.4, -0.2) is 0 Å². The van der Waals surface area contributed by atoms with Gasteiger partial charge in [-0.3, -0.25) is 0 Å². The molecule has 0 aromatic heterocycles. The number of hydrogen-bond donors (Lipinski definition) is 1. The van der Waals surface area contributed by atoms with Gasteiger partial charge in [0.15, 0.2) is 0 Å². The first kappa shape index (κ1) is 17.4. The van der Waals surface area contributed by atoms with Crippen molar-refractivity contribution in [1.82, 2.24) is 0 Å². The normalized spacial score (nSPS) is 9.96. The predicted octanol–water partition coefficient (Wildman–Crippen LogP) is 6.56. The van der Waals surface area contributed by atoms with Crippen LogP contribution in [0, 0.1) is 27.7 Å². The minimum absolute atomic E-state index is 1.02. The summed E-state index contributed by atoms with van der Waals surface area (Å²) in [5, 5.41) is 0. The molecule has 0 aliphatic heterocycles. The Morgan fingerprint density at radius 1 is 0.565 bits per heavy atom. The second kappa shape index (κ2) is 8.03. The largest absolute Gasteiger partial charge is 0.143 e. The zero-order chi connectivity index (χ0) is 16.8. The zero-order valence-electron chi connectivity index (χ0n) is 14.3. The Morgan fingerprint density at radius 2 is 1.13 bits per heavy atom. The van der Waals surface area contributed by atoms with E-state index in [2.05, 4.69) is 82.8 Å². The maximum atomic E-state index is 4.13. The summed E-state index contributed by atoms with van der Waals surface area (Å²) in [6.07, 6.45) is 0. The summed E-state index contributed by atoms with van der Waals surface area (Å²) in [4.78, 5) is 1.02. The summed E-state index contributed by atoms with van der Waals surface area (Å²) in [6.45, 7) is 8.53. The van der Waals surface area contributed by atoms with Crippen molar-refractivity contribution in [3.05, 3.63) is 89.0 Å². The maximum Gasteiger partial charge on any atom is 0.00401 e. The molecule has 0 atom stereocenters. The van der Waals surface area contributed by atoms with E-state index in [-0.39, 0.29) is 0 Å². The lowest BCUT2D eigenvalue weighted by atomic mass is 9.95. The second-order valence-corrected chi connectivity index (χ2v) is 6.49.